The zero-order chi connectivity index (χ0) is 11.8. The second kappa shape index (κ2) is 4.80. The fourth-order valence-corrected chi connectivity index (χ4v) is 3.47. The molecule has 0 radical (unpaired) electrons. The molecule has 0 bridgehead atoms. The Labute approximate surface area is 124 Å². The fourth-order valence-electron chi connectivity index (χ4n) is 1.99. The summed E-state index contributed by atoms with van der Waals surface area (Å²) in [6.07, 6.45) is 7.81. The van der Waals surface area contributed by atoms with E-state index in [0.29, 0.717) is 0 Å². The maximum absolute atomic E-state index is 2.57. The second-order valence-electron chi connectivity index (χ2n) is 4.38. The van der Waals surface area contributed by atoms with Gasteiger partial charge in [0.25, 0.3) is 0 Å². The third kappa shape index (κ3) is 2.53. The van der Waals surface area contributed by atoms with Crippen LogP contribution in [0.15, 0.2) is 42.0 Å². The summed E-state index contributed by atoms with van der Waals surface area (Å²) in [5.41, 5.74) is 4.23. The van der Waals surface area contributed by atoms with Gasteiger partial charge in [-0.05, 0) is 60.1 Å². The SMILES string of the molecule is CC1=CC=CC(I)(c2ccc(I)c(C)c2)C1. The number of aryl methyl sites for hydroxylation is 1. The highest BCUT2D eigenvalue weighted by Gasteiger charge is 2.27. The first-order chi connectivity index (χ1) is 7.51. The molecule has 0 saturated carbocycles. The number of halogens is 2. The Kier molecular flexibility index (Phi) is 3.79. The summed E-state index contributed by atoms with van der Waals surface area (Å²) in [5, 5.41) is 0. The van der Waals surface area contributed by atoms with E-state index in [4.69, 9.17) is 0 Å². The van der Waals surface area contributed by atoms with Crippen LogP contribution in [0.25, 0.3) is 0 Å². The van der Waals surface area contributed by atoms with Gasteiger partial charge in [0.1, 0.15) is 0 Å². The van der Waals surface area contributed by atoms with E-state index in [1.165, 1.54) is 20.3 Å². The van der Waals surface area contributed by atoms with E-state index in [2.05, 4.69) is 95.5 Å². The Morgan fingerprint density at radius 3 is 2.62 bits per heavy atom. The molecule has 0 N–H and O–H groups in total. The highest BCUT2D eigenvalue weighted by atomic mass is 127. The van der Waals surface area contributed by atoms with Crippen molar-refractivity contribution in [3.63, 3.8) is 0 Å². The molecule has 1 atom stereocenters. The molecule has 0 saturated heterocycles. The van der Waals surface area contributed by atoms with Gasteiger partial charge in [-0.1, -0.05) is 58.5 Å². The van der Waals surface area contributed by atoms with Crippen molar-refractivity contribution in [1.82, 2.24) is 0 Å². The summed E-state index contributed by atoms with van der Waals surface area (Å²) in [6, 6.07) is 6.79. The molecule has 1 aromatic carbocycles. The van der Waals surface area contributed by atoms with Gasteiger partial charge in [-0.2, -0.15) is 0 Å². The van der Waals surface area contributed by atoms with Gasteiger partial charge in [0.05, 0.1) is 3.42 Å². The Hall–Kier alpha value is 0.160. The van der Waals surface area contributed by atoms with Crippen LogP contribution >= 0.6 is 45.2 Å². The van der Waals surface area contributed by atoms with Crippen LogP contribution in [-0.2, 0) is 3.42 Å². The molecule has 1 aromatic rings. The Bertz CT molecular complexity index is 472. The summed E-state index contributed by atoms with van der Waals surface area (Å²) < 4.78 is 1.49. The third-order valence-electron chi connectivity index (χ3n) is 2.92. The standard InChI is InChI=1S/C14H14I2/c1-10-4-3-7-14(16,9-10)12-5-6-13(15)11(2)8-12/h3-8H,9H2,1-2H3. The number of alkyl halides is 1. The summed E-state index contributed by atoms with van der Waals surface area (Å²) in [4.78, 5) is 0. The molecule has 16 heavy (non-hydrogen) atoms. The third-order valence-corrected chi connectivity index (χ3v) is 5.49. The van der Waals surface area contributed by atoms with E-state index in [1.807, 2.05) is 0 Å². The van der Waals surface area contributed by atoms with E-state index in [0.717, 1.165) is 6.42 Å². The first kappa shape index (κ1) is 12.6. The van der Waals surface area contributed by atoms with Gasteiger partial charge in [-0.15, -0.1) is 0 Å². The van der Waals surface area contributed by atoms with Crippen molar-refractivity contribution in [1.29, 1.82) is 0 Å². The van der Waals surface area contributed by atoms with Gasteiger partial charge in [0.2, 0.25) is 0 Å². The molecule has 0 aromatic heterocycles. The lowest BCUT2D eigenvalue weighted by molar-refractivity contribution is 0.780. The molecule has 0 heterocycles. The minimum absolute atomic E-state index is 0.145. The molecule has 0 fully saturated rings. The van der Waals surface area contributed by atoms with E-state index in [-0.39, 0.29) is 3.42 Å². The molecule has 0 aliphatic heterocycles. The predicted molar refractivity (Wildman–Crippen MR) is 87.1 cm³/mol. The largest absolute Gasteiger partial charge is 0.0714 e. The predicted octanol–water partition coefficient (Wildman–Crippen LogP) is 5.14. The molecule has 1 aliphatic rings. The van der Waals surface area contributed by atoms with Crippen LogP contribution in [0.1, 0.15) is 24.5 Å². The quantitative estimate of drug-likeness (QED) is 0.423. The molecule has 1 unspecified atom stereocenters. The topological polar surface area (TPSA) is 0 Å². The number of hydrogen-bond acceptors (Lipinski definition) is 0. The molecular formula is C14H14I2. The molecule has 0 amide bonds. The fraction of sp³-hybridized carbons (Fsp3) is 0.286. The van der Waals surface area contributed by atoms with Gasteiger partial charge < -0.3 is 0 Å². The zero-order valence-corrected chi connectivity index (χ0v) is 13.7. The van der Waals surface area contributed by atoms with E-state index in [9.17, 15) is 0 Å². The Morgan fingerprint density at radius 1 is 1.25 bits per heavy atom. The lowest BCUT2D eigenvalue weighted by Crippen LogP contribution is -2.17. The minimum Gasteiger partial charge on any atom is -0.0714 e. The van der Waals surface area contributed by atoms with Crippen LogP contribution in [0.3, 0.4) is 0 Å². The molecule has 84 valence electrons. The lowest BCUT2D eigenvalue weighted by atomic mass is 9.88. The number of allylic oxidation sites excluding steroid dienone is 4. The molecule has 0 spiro atoms. The summed E-state index contributed by atoms with van der Waals surface area (Å²) in [7, 11) is 0. The summed E-state index contributed by atoms with van der Waals surface area (Å²) in [5.74, 6) is 0. The van der Waals surface area contributed by atoms with Gasteiger partial charge >= 0.3 is 0 Å². The van der Waals surface area contributed by atoms with Crippen molar-refractivity contribution in [2.45, 2.75) is 23.7 Å². The van der Waals surface area contributed by atoms with Crippen LogP contribution in [0.2, 0.25) is 0 Å². The molecule has 1 aliphatic carbocycles. The van der Waals surface area contributed by atoms with Gasteiger partial charge in [0.15, 0.2) is 0 Å². The summed E-state index contributed by atoms with van der Waals surface area (Å²) >= 11 is 4.96. The average molecular weight is 436 g/mol. The highest BCUT2D eigenvalue weighted by molar-refractivity contribution is 14.1. The average Bonchev–Trinajstić information content (AvgIpc) is 2.21. The van der Waals surface area contributed by atoms with Crippen LogP contribution in [0, 0.1) is 10.5 Å². The van der Waals surface area contributed by atoms with E-state index in [1.54, 1.807) is 0 Å². The van der Waals surface area contributed by atoms with Gasteiger partial charge in [0, 0.05) is 3.57 Å². The van der Waals surface area contributed by atoms with Crippen LogP contribution in [0.4, 0.5) is 0 Å². The van der Waals surface area contributed by atoms with Crippen molar-refractivity contribution in [2.75, 3.05) is 0 Å². The maximum Gasteiger partial charge on any atom is 0.0689 e. The molecule has 2 rings (SSSR count). The van der Waals surface area contributed by atoms with E-state index < -0.39 is 0 Å². The Balaban J connectivity index is 2.41. The smallest absolute Gasteiger partial charge is 0.0689 e. The maximum atomic E-state index is 2.57. The van der Waals surface area contributed by atoms with Crippen LogP contribution in [0.5, 0.6) is 0 Å². The number of benzene rings is 1. The van der Waals surface area contributed by atoms with Crippen molar-refractivity contribution < 1.29 is 0 Å². The first-order valence-electron chi connectivity index (χ1n) is 5.32. The monoisotopic (exact) mass is 436 g/mol. The van der Waals surface area contributed by atoms with Crippen molar-refractivity contribution >= 4 is 45.2 Å². The second-order valence-corrected chi connectivity index (χ2v) is 7.46. The van der Waals surface area contributed by atoms with E-state index >= 15 is 0 Å². The normalized spacial score (nSPS) is 24.4. The van der Waals surface area contributed by atoms with Gasteiger partial charge in [-0.25, -0.2) is 0 Å². The van der Waals surface area contributed by atoms with Gasteiger partial charge in [-0.3, -0.25) is 0 Å². The number of hydrogen-bond donors (Lipinski definition) is 0. The Morgan fingerprint density at radius 2 is 2.00 bits per heavy atom. The zero-order valence-electron chi connectivity index (χ0n) is 9.43. The van der Waals surface area contributed by atoms with Crippen molar-refractivity contribution in [3.05, 3.63) is 56.7 Å². The molecular weight excluding hydrogens is 422 g/mol. The number of rotatable bonds is 1. The first-order valence-corrected chi connectivity index (χ1v) is 7.47. The highest BCUT2D eigenvalue weighted by Crippen LogP contribution is 2.42. The van der Waals surface area contributed by atoms with Crippen LogP contribution in [-0.4, -0.2) is 0 Å². The molecule has 0 nitrogen and oxygen atoms in total. The minimum atomic E-state index is 0.145. The molecule has 2 heteroatoms. The lowest BCUT2D eigenvalue weighted by Gasteiger charge is -2.28. The van der Waals surface area contributed by atoms with Crippen molar-refractivity contribution in [3.8, 4) is 0 Å². The van der Waals surface area contributed by atoms with Crippen molar-refractivity contribution in [2.24, 2.45) is 0 Å². The van der Waals surface area contributed by atoms with Crippen LogP contribution < -0.4 is 0 Å². The summed E-state index contributed by atoms with van der Waals surface area (Å²) in [6.45, 7) is 4.39.